The van der Waals surface area contributed by atoms with Crippen molar-refractivity contribution in [1.29, 1.82) is 0 Å². The lowest BCUT2D eigenvalue weighted by Gasteiger charge is -2.60. The van der Waals surface area contributed by atoms with Crippen molar-refractivity contribution < 1.29 is 19.7 Å². The van der Waals surface area contributed by atoms with Crippen molar-refractivity contribution in [2.75, 3.05) is 20.7 Å². The lowest BCUT2D eigenvalue weighted by atomic mass is 9.53. The fraction of sp³-hybridized carbons (Fsp3) is 0.409. The summed E-state index contributed by atoms with van der Waals surface area (Å²) in [6, 6.07) is 12.7. The number of aliphatic hydroxyl groups is 1. The Kier molecular flexibility index (Phi) is 4.05. The van der Waals surface area contributed by atoms with Crippen LogP contribution in [0.4, 0.5) is 0 Å². The fourth-order valence-corrected chi connectivity index (χ4v) is 5.06. The van der Waals surface area contributed by atoms with Gasteiger partial charge in [0.05, 0.1) is 12.7 Å². The quantitative estimate of drug-likeness (QED) is 0.873. The van der Waals surface area contributed by atoms with E-state index < -0.39 is 17.0 Å². The fourth-order valence-electron chi connectivity index (χ4n) is 5.06. The van der Waals surface area contributed by atoms with Crippen LogP contribution in [0.1, 0.15) is 40.4 Å². The molecule has 0 radical (unpaired) electrons. The van der Waals surface area contributed by atoms with Gasteiger partial charge in [-0.3, -0.25) is 4.90 Å². The Morgan fingerprint density at radius 3 is 2.74 bits per heavy atom. The van der Waals surface area contributed by atoms with Crippen LogP contribution in [0.15, 0.2) is 42.5 Å². The second-order valence-corrected chi connectivity index (χ2v) is 7.96. The van der Waals surface area contributed by atoms with Crippen LogP contribution in [0.3, 0.4) is 0 Å². The first-order chi connectivity index (χ1) is 12.8. The van der Waals surface area contributed by atoms with Gasteiger partial charge < -0.3 is 14.9 Å². The molecule has 2 bridgehead atoms. The number of benzene rings is 2. The molecule has 2 aliphatic rings. The van der Waals surface area contributed by atoms with Crippen molar-refractivity contribution in [3.8, 4) is 5.75 Å². The molecule has 5 nitrogen and oxygen atoms in total. The molecule has 1 aliphatic carbocycles. The van der Waals surface area contributed by atoms with Crippen LogP contribution in [0.2, 0.25) is 0 Å². The number of nitrogens with zero attached hydrogens (tertiary/aromatic N) is 1. The predicted molar refractivity (Wildman–Crippen MR) is 102 cm³/mol. The van der Waals surface area contributed by atoms with Gasteiger partial charge in [0.1, 0.15) is 11.4 Å². The average Bonchev–Trinajstić information content (AvgIpc) is 2.67. The van der Waals surface area contributed by atoms with Gasteiger partial charge in [0.2, 0.25) is 0 Å². The van der Waals surface area contributed by atoms with E-state index in [2.05, 4.69) is 17.9 Å². The van der Waals surface area contributed by atoms with Gasteiger partial charge in [0.15, 0.2) is 0 Å². The molecule has 142 valence electrons. The zero-order valence-corrected chi connectivity index (χ0v) is 15.9. The average molecular weight is 367 g/mol. The number of likely N-dealkylation sites (N-methyl/N-ethyl adjacent to an activating group) is 1. The van der Waals surface area contributed by atoms with Crippen LogP contribution < -0.4 is 4.74 Å². The van der Waals surface area contributed by atoms with E-state index in [4.69, 9.17) is 4.74 Å². The van der Waals surface area contributed by atoms with Gasteiger partial charge in [-0.25, -0.2) is 4.79 Å². The van der Waals surface area contributed by atoms with Gasteiger partial charge in [-0.2, -0.15) is 0 Å². The zero-order valence-electron chi connectivity index (χ0n) is 15.9. The molecule has 2 N–H and O–H groups in total. The normalized spacial score (nSPS) is 29.9. The highest BCUT2D eigenvalue weighted by molar-refractivity contribution is 5.87. The number of carboxylic acid groups (broad SMARTS) is 1. The van der Waals surface area contributed by atoms with E-state index in [0.29, 0.717) is 12.0 Å². The molecular weight excluding hydrogens is 342 g/mol. The summed E-state index contributed by atoms with van der Waals surface area (Å²) < 4.78 is 5.44. The number of piperidine rings is 1. The topological polar surface area (TPSA) is 70.0 Å². The molecule has 3 atom stereocenters. The van der Waals surface area contributed by atoms with Gasteiger partial charge in [0.25, 0.3) is 0 Å². The van der Waals surface area contributed by atoms with Gasteiger partial charge in [-0.05, 0) is 67.4 Å². The van der Waals surface area contributed by atoms with Crippen LogP contribution in [0, 0.1) is 0 Å². The first-order valence-electron chi connectivity index (χ1n) is 9.25. The molecule has 0 saturated carbocycles. The number of carboxylic acids is 1. The van der Waals surface area contributed by atoms with Gasteiger partial charge >= 0.3 is 5.97 Å². The number of methoxy groups -OCH3 is 1. The molecule has 1 saturated heterocycles. The Labute approximate surface area is 159 Å². The number of hydrogen-bond acceptors (Lipinski definition) is 4. The summed E-state index contributed by atoms with van der Waals surface area (Å²) >= 11 is 0. The molecule has 0 amide bonds. The lowest BCUT2D eigenvalue weighted by molar-refractivity contribution is -0.141. The molecule has 2 aromatic rings. The smallest absolute Gasteiger partial charge is 0.335 e. The van der Waals surface area contributed by atoms with E-state index in [1.807, 2.05) is 25.2 Å². The number of aromatic carboxylic acids is 1. The Balaban J connectivity index is 1.96. The largest absolute Gasteiger partial charge is 0.497 e. The molecule has 1 heterocycles. The SMILES string of the molecule is COc1ccc2c(c1)[C@@]1(C)CCN(C)[C@H](C2)[C@]1(O)c1cccc(C(=O)O)c1. The molecule has 0 aromatic heterocycles. The minimum atomic E-state index is -1.19. The highest BCUT2D eigenvalue weighted by Gasteiger charge is 2.60. The Morgan fingerprint density at radius 2 is 2.04 bits per heavy atom. The molecule has 0 spiro atoms. The zero-order chi connectivity index (χ0) is 19.4. The standard InChI is InChI=1S/C22H25NO4/c1-21-9-10-23(2)19(12-14-7-8-17(27-3)13-18(14)21)22(21,26)16-6-4-5-15(11-16)20(24)25/h4-8,11,13,19,26H,9-10,12H2,1-3H3,(H,24,25)/t19-,21-,22-/m1/s1. The highest BCUT2D eigenvalue weighted by atomic mass is 16.5. The third-order valence-corrected chi connectivity index (χ3v) is 6.69. The third kappa shape index (κ3) is 2.42. The van der Waals surface area contributed by atoms with Crippen molar-refractivity contribution in [3.05, 3.63) is 64.7 Å². The number of ether oxygens (including phenoxy) is 1. The van der Waals surface area contributed by atoms with E-state index in [0.717, 1.165) is 24.3 Å². The second kappa shape index (κ2) is 6.08. The first-order valence-corrected chi connectivity index (χ1v) is 9.25. The second-order valence-electron chi connectivity index (χ2n) is 7.96. The monoisotopic (exact) mass is 367 g/mol. The van der Waals surface area contributed by atoms with Crippen LogP contribution >= 0.6 is 0 Å². The molecule has 2 aromatic carbocycles. The first kappa shape index (κ1) is 18.0. The van der Waals surface area contributed by atoms with Crippen LogP contribution in [0.25, 0.3) is 0 Å². The molecule has 0 unspecified atom stereocenters. The van der Waals surface area contributed by atoms with E-state index in [9.17, 15) is 15.0 Å². The summed E-state index contributed by atoms with van der Waals surface area (Å²) in [4.78, 5) is 13.7. The minimum absolute atomic E-state index is 0.124. The highest BCUT2D eigenvalue weighted by Crippen LogP contribution is 2.56. The summed E-state index contributed by atoms with van der Waals surface area (Å²) in [5, 5.41) is 21.6. The molecule has 1 aliphatic heterocycles. The Hall–Kier alpha value is -2.37. The minimum Gasteiger partial charge on any atom is -0.497 e. The van der Waals surface area contributed by atoms with Crippen LogP contribution in [-0.2, 0) is 17.4 Å². The maximum absolute atomic E-state index is 12.2. The summed E-state index contributed by atoms with van der Waals surface area (Å²) in [5.74, 6) is -0.212. The number of fused-ring (bicyclic) bond motifs is 4. The molecule has 27 heavy (non-hydrogen) atoms. The Bertz CT molecular complexity index is 911. The maximum atomic E-state index is 12.2. The molecular formula is C22H25NO4. The van der Waals surface area contributed by atoms with Crippen molar-refractivity contribution in [3.63, 3.8) is 0 Å². The van der Waals surface area contributed by atoms with Crippen molar-refractivity contribution >= 4 is 5.97 Å². The lowest BCUT2D eigenvalue weighted by Crippen LogP contribution is -2.67. The van der Waals surface area contributed by atoms with Crippen LogP contribution in [0.5, 0.6) is 5.75 Å². The summed E-state index contributed by atoms with van der Waals surface area (Å²) in [7, 11) is 3.68. The third-order valence-electron chi connectivity index (χ3n) is 6.69. The van der Waals surface area contributed by atoms with Crippen LogP contribution in [-0.4, -0.2) is 47.8 Å². The Morgan fingerprint density at radius 1 is 1.26 bits per heavy atom. The van der Waals surface area contributed by atoms with E-state index >= 15 is 0 Å². The number of likely N-dealkylation sites (tertiary alicyclic amines) is 1. The summed E-state index contributed by atoms with van der Waals surface area (Å²) in [6.45, 7) is 2.97. The maximum Gasteiger partial charge on any atom is 0.335 e. The van der Waals surface area contributed by atoms with Crippen molar-refractivity contribution in [2.45, 2.75) is 36.8 Å². The summed E-state index contributed by atoms with van der Waals surface area (Å²) in [6.07, 6.45) is 1.48. The van der Waals surface area contributed by atoms with E-state index in [1.165, 1.54) is 5.56 Å². The van der Waals surface area contributed by atoms with Gasteiger partial charge in [-0.15, -0.1) is 0 Å². The molecule has 1 fully saturated rings. The molecule has 4 rings (SSSR count). The summed E-state index contributed by atoms with van der Waals surface area (Å²) in [5.41, 5.74) is 1.44. The number of carbonyl (C=O) groups is 1. The predicted octanol–water partition coefficient (Wildman–Crippen LogP) is 2.80. The van der Waals surface area contributed by atoms with Gasteiger partial charge in [-0.1, -0.05) is 25.1 Å². The van der Waals surface area contributed by atoms with Crippen molar-refractivity contribution in [1.82, 2.24) is 4.90 Å². The molecule has 5 heteroatoms. The van der Waals surface area contributed by atoms with E-state index in [1.54, 1.807) is 25.3 Å². The van der Waals surface area contributed by atoms with E-state index in [-0.39, 0.29) is 11.6 Å². The number of hydrogen-bond donors (Lipinski definition) is 2. The van der Waals surface area contributed by atoms with Crippen molar-refractivity contribution in [2.24, 2.45) is 0 Å². The number of rotatable bonds is 3. The van der Waals surface area contributed by atoms with Gasteiger partial charge in [0, 0.05) is 11.5 Å².